The van der Waals surface area contributed by atoms with E-state index in [1.165, 1.54) is 12.1 Å². The Hall–Kier alpha value is -0.350. The maximum Gasteiger partial charge on any atom is 0.142 e. The van der Waals surface area contributed by atoms with Crippen molar-refractivity contribution in [1.29, 1.82) is 0 Å². The summed E-state index contributed by atoms with van der Waals surface area (Å²) >= 11 is 11.6. The van der Waals surface area contributed by atoms with E-state index in [0.29, 0.717) is 17.2 Å². The zero-order valence-electron chi connectivity index (χ0n) is 8.67. The van der Waals surface area contributed by atoms with E-state index in [0.717, 1.165) is 6.61 Å². The Balaban J connectivity index is 2.08. The van der Waals surface area contributed by atoms with Crippen molar-refractivity contribution in [2.75, 3.05) is 13.2 Å². The summed E-state index contributed by atoms with van der Waals surface area (Å²) in [4.78, 5) is 0. The second-order valence-electron chi connectivity index (χ2n) is 3.72. The van der Waals surface area contributed by atoms with Gasteiger partial charge in [-0.2, -0.15) is 0 Å². The standard InChI is InChI=1S/C11H11Cl2FO2/c1-6(15-4-7-5-16-7)8-2-11(14)10(13)3-9(8)12/h2-3,6-7H,4-5H2,1H3/t6-,7+/m1/s1. The average Bonchev–Trinajstić information content (AvgIpc) is 3.03. The molecule has 1 saturated heterocycles. The molecule has 0 N–H and O–H groups in total. The zero-order valence-corrected chi connectivity index (χ0v) is 10.2. The number of hydrogen-bond donors (Lipinski definition) is 0. The van der Waals surface area contributed by atoms with Gasteiger partial charge in [-0.15, -0.1) is 0 Å². The molecule has 1 heterocycles. The largest absolute Gasteiger partial charge is 0.371 e. The van der Waals surface area contributed by atoms with Crippen molar-refractivity contribution in [3.8, 4) is 0 Å². The van der Waals surface area contributed by atoms with Crippen LogP contribution in [0.3, 0.4) is 0 Å². The lowest BCUT2D eigenvalue weighted by Crippen LogP contribution is -2.07. The van der Waals surface area contributed by atoms with Crippen molar-refractivity contribution in [2.45, 2.75) is 19.1 Å². The lowest BCUT2D eigenvalue weighted by molar-refractivity contribution is 0.0538. The molecule has 2 atom stereocenters. The van der Waals surface area contributed by atoms with Gasteiger partial charge < -0.3 is 9.47 Å². The van der Waals surface area contributed by atoms with Crippen molar-refractivity contribution in [3.05, 3.63) is 33.6 Å². The Morgan fingerprint density at radius 2 is 2.19 bits per heavy atom. The normalized spacial score (nSPS) is 20.9. The second-order valence-corrected chi connectivity index (χ2v) is 4.53. The number of benzene rings is 1. The van der Waals surface area contributed by atoms with E-state index in [9.17, 15) is 4.39 Å². The van der Waals surface area contributed by atoms with Gasteiger partial charge in [-0.1, -0.05) is 23.2 Å². The van der Waals surface area contributed by atoms with Crippen molar-refractivity contribution in [2.24, 2.45) is 0 Å². The molecule has 0 aromatic heterocycles. The van der Waals surface area contributed by atoms with Crippen LogP contribution in [0.25, 0.3) is 0 Å². The van der Waals surface area contributed by atoms with Crippen LogP contribution in [-0.2, 0) is 9.47 Å². The fraction of sp³-hybridized carbons (Fsp3) is 0.455. The SMILES string of the molecule is C[C@@H](OC[C@H]1CO1)c1cc(F)c(Cl)cc1Cl. The van der Waals surface area contributed by atoms with Crippen molar-refractivity contribution >= 4 is 23.2 Å². The Morgan fingerprint density at radius 1 is 1.50 bits per heavy atom. The van der Waals surface area contributed by atoms with Gasteiger partial charge in [0.15, 0.2) is 0 Å². The Morgan fingerprint density at radius 3 is 2.81 bits per heavy atom. The molecule has 0 bridgehead atoms. The number of ether oxygens (including phenoxy) is 2. The summed E-state index contributed by atoms with van der Waals surface area (Å²) in [5.41, 5.74) is 0.601. The van der Waals surface area contributed by atoms with Crippen LogP contribution in [0, 0.1) is 5.82 Å². The summed E-state index contributed by atoms with van der Waals surface area (Å²) in [6, 6.07) is 2.70. The summed E-state index contributed by atoms with van der Waals surface area (Å²) in [5.74, 6) is -0.487. The van der Waals surface area contributed by atoms with E-state index in [-0.39, 0.29) is 17.2 Å². The Kier molecular flexibility index (Phi) is 3.70. The summed E-state index contributed by atoms with van der Waals surface area (Å²) in [7, 11) is 0. The fourth-order valence-corrected chi connectivity index (χ4v) is 1.89. The van der Waals surface area contributed by atoms with Gasteiger partial charge in [0.2, 0.25) is 0 Å². The molecule has 0 unspecified atom stereocenters. The number of halogens is 3. The monoisotopic (exact) mass is 264 g/mol. The maximum absolute atomic E-state index is 13.3. The van der Waals surface area contributed by atoms with Gasteiger partial charge >= 0.3 is 0 Å². The second kappa shape index (κ2) is 4.88. The fourth-order valence-electron chi connectivity index (χ4n) is 1.36. The molecule has 1 aliphatic heterocycles. The molecule has 0 radical (unpaired) electrons. The van der Waals surface area contributed by atoms with Gasteiger partial charge in [-0.3, -0.25) is 0 Å². The van der Waals surface area contributed by atoms with Crippen LogP contribution in [0.5, 0.6) is 0 Å². The minimum Gasteiger partial charge on any atom is -0.371 e. The summed E-state index contributed by atoms with van der Waals surface area (Å²) < 4.78 is 23.8. The van der Waals surface area contributed by atoms with Gasteiger partial charge in [0, 0.05) is 10.6 Å². The molecule has 0 amide bonds. The van der Waals surface area contributed by atoms with Crippen LogP contribution in [0.15, 0.2) is 12.1 Å². The van der Waals surface area contributed by atoms with E-state index in [1.54, 1.807) is 0 Å². The minimum atomic E-state index is -0.487. The van der Waals surface area contributed by atoms with Crippen LogP contribution in [0.4, 0.5) is 4.39 Å². The van der Waals surface area contributed by atoms with Crippen LogP contribution in [0.1, 0.15) is 18.6 Å². The predicted octanol–water partition coefficient (Wildman–Crippen LogP) is 3.61. The Bertz CT molecular complexity index is 394. The van der Waals surface area contributed by atoms with Crippen LogP contribution >= 0.6 is 23.2 Å². The molecule has 1 aromatic carbocycles. The smallest absolute Gasteiger partial charge is 0.142 e. The molecule has 1 aromatic rings. The molecular formula is C11H11Cl2FO2. The highest BCUT2D eigenvalue weighted by Gasteiger charge is 2.24. The lowest BCUT2D eigenvalue weighted by Gasteiger charge is -2.14. The van der Waals surface area contributed by atoms with Crippen LogP contribution < -0.4 is 0 Å². The number of hydrogen-bond acceptors (Lipinski definition) is 2. The summed E-state index contributed by atoms with van der Waals surface area (Å²) in [5, 5.41) is 0.432. The highest BCUT2D eigenvalue weighted by atomic mass is 35.5. The molecule has 0 aliphatic carbocycles. The van der Waals surface area contributed by atoms with Gasteiger partial charge in [-0.25, -0.2) is 4.39 Å². The summed E-state index contributed by atoms with van der Waals surface area (Å²) in [6.45, 7) is 3.05. The van der Waals surface area contributed by atoms with Crippen LogP contribution in [-0.4, -0.2) is 19.3 Å². The zero-order chi connectivity index (χ0) is 11.7. The third kappa shape index (κ3) is 2.86. The first kappa shape index (κ1) is 12.1. The number of epoxide rings is 1. The first-order valence-corrected chi connectivity index (χ1v) is 5.71. The molecule has 1 aliphatic rings. The van der Waals surface area contributed by atoms with Crippen molar-refractivity contribution in [1.82, 2.24) is 0 Å². The molecule has 0 spiro atoms. The average molecular weight is 265 g/mol. The quantitative estimate of drug-likeness (QED) is 0.612. The van der Waals surface area contributed by atoms with Gasteiger partial charge in [0.1, 0.15) is 11.9 Å². The van der Waals surface area contributed by atoms with E-state index in [4.69, 9.17) is 32.7 Å². The van der Waals surface area contributed by atoms with E-state index in [2.05, 4.69) is 0 Å². The minimum absolute atomic E-state index is 0.0199. The predicted molar refractivity (Wildman–Crippen MR) is 60.5 cm³/mol. The van der Waals surface area contributed by atoms with Crippen molar-refractivity contribution in [3.63, 3.8) is 0 Å². The maximum atomic E-state index is 13.3. The first-order chi connectivity index (χ1) is 7.58. The molecular weight excluding hydrogens is 254 g/mol. The van der Waals surface area contributed by atoms with Crippen molar-refractivity contribution < 1.29 is 13.9 Å². The first-order valence-electron chi connectivity index (χ1n) is 4.95. The molecule has 16 heavy (non-hydrogen) atoms. The molecule has 5 heteroatoms. The van der Waals surface area contributed by atoms with E-state index < -0.39 is 5.82 Å². The number of rotatable bonds is 4. The molecule has 0 saturated carbocycles. The van der Waals surface area contributed by atoms with Gasteiger partial charge in [0.05, 0.1) is 24.3 Å². The van der Waals surface area contributed by atoms with Gasteiger partial charge in [0.25, 0.3) is 0 Å². The van der Waals surface area contributed by atoms with Gasteiger partial charge in [-0.05, 0) is 19.1 Å². The molecule has 2 nitrogen and oxygen atoms in total. The van der Waals surface area contributed by atoms with E-state index >= 15 is 0 Å². The molecule has 88 valence electrons. The summed E-state index contributed by atoms with van der Waals surface area (Å²) in [6.07, 6.45) is -0.0955. The highest BCUT2D eigenvalue weighted by Crippen LogP contribution is 2.30. The molecule has 2 rings (SSSR count). The Labute approximate surface area is 103 Å². The van der Waals surface area contributed by atoms with E-state index in [1.807, 2.05) is 6.92 Å². The third-order valence-electron chi connectivity index (χ3n) is 2.41. The lowest BCUT2D eigenvalue weighted by atomic mass is 10.1. The third-order valence-corrected chi connectivity index (χ3v) is 3.03. The van der Waals surface area contributed by atoms with Crippen LogP contribution in [0.2, 0.25) is 10.0 Å². The molecule has 1 fully saturated rings. The topological polar surface area (TPSA) is 21.8 Å². The highest BCUT2D eigenvalue weighted by molar-refractivity contribution is 6.35.